The van der Waals surface area contributed by atoms with Gasteiger partial charge in [0.15, 0.2) is 0 Å². The van der Waals surface area contributed by atoms with Gasteiger partial charge in [0.2, 0.25) is 5.91 Å². The highest BCUT2D eigenvalue weighted by Gasteiger charge is 2.30. The first kappa shape index (κ1) is 13.5. The third-order valence-corrected chi connectivity index (χ3v) is 3.98. The van der Waals surface area contributed by atoms with Crippen LogP contribution in [-0.4, -0.2) is 18.0 Å². The normalized spacial score (nSPS) is 32.5. The molecule has 0 aromatic carbocycles. The Morgan fingerprint density at radius 2 is 1.94 bits per heavy atom. The molecule has 4 unspecified atom stereocenters. The van der Waals surface area contributed by atoms with Crippen LogP contribution in [0.25, 0.3) is 0 Å². The zero-order valence-electron chi connectivity index (χ0n) is 11.0. The van der Waals surface area contributed by atoms with Crippen molar-refractivity contribution in [2.75, 3.05) is 0 Å². The summed E-state index contributed by atoms with van der Waals surface area (Å²) in [6.07, 6.45) is 2.87. The predicted molar refractivity (Wildman–Crippen MR) is 66.9 cm³/mol. The van der Waals surface area contributed by atoms with E-state index in [9.17, 15) is 4.79 Å². The van der Waals surface area contributed by atoms with Crippen LogP contribution >= 0.6 is 0 Å². The lowest BCUT2D eigenvalue weighted by atomic mass is 9.79. The van der Waals surface area contributed by atoms with Crippen LogP contribution in [0.3, 0.4) is 0 Å². The summed E-state index contributed by atoms with van der Waals surface area (Å²) >= 11 is 0. The van der Waals surface area contributed by atoms with Crippen LogP contribution in [-0.2, 0) is 4.79 Å². The third kappa shape index (κ3) is 3.48. The summed E-state index contributed by atoms with van der Waals surface area (Å²) in [5.74, 6) is 1.36. The Morgan fingerprint density at radius 3 is 2.44 bits per heavy atom. The second-order valence-corrected chi connectivity index (χ2v) is 5.69. The highest BCUT2D eigenvalue weighted by atomic mass is 16.1. The van der Waals surface area contributed by atoms with E-state index in [0.717, 1.165) is 19.3 Å². The standard InChI is InChI=1S/C13H26N2O/c1-8(2)10(4)15-13(16)11-5-6-12(14)9(3)7-11/h8-12H,5-7,14H2,1-4H3,(H,15,16). The fourth-order valence-electron chi connectivity index (χ4n) is 2.17. The van der Waals surface area contributed by atoms with Crippen molar-refractivity contribution in [3.63, 3.8) is 0 Å². The molecule has 94 valence electrons. The maximum atomic E-state index is 12.0. The van der Waals surface area contributed by atoms with Gasteiger partial charge in [0.25, 0.3) is 0 Å². The Bertz CT molecular complexity index is 240. The second kappa shape index (κ2) is 5.67. The van der Waals surface area contributed by atoms with Gasteiger partial charge >= 0.3 is 0 Å². The van der Waals surface area contributed by atoms with Gasteiger partial charge in [-0.1, -0.05) is 20.8 Å². The molecule has 0 radical (unpaired) electrons. The number of hydrogen-bond acceptors (Lipinski definition) is 2. The van der Waals surface area contributed by atoms with Gasteiger partial charge < -0.3 is 11.1 Å². The van der Waals surface area contributed by atoms with E-state index in [2.05, 4.69) is 33.0 Å². The topological polar surface area (TPSA) is 55.1 Å². The lowest BCUT2D eigenvalue weighted by molar-refractivity contribution is -0.127. The quantitative estimate of drug-likeness (QED) is 0.772. The number of nitrogens with one attached hydrogen (secondary N) is 1. The van der Waals surface area contributed by atoms with Crippen molar-refractivity contribution in [1.29, 1.82) is 0 Å². The number of carbonyl (C=O) groups excluding carboxylic acids is 1. The number of rotatable bonds is 3. The highest BCUT2D eigenvalue weighted by Crippen LogP contribution is 2.28. The molecule has 3 heteroatoms. The SMILES string of the molecule is CC(C)C(C)NC(=O)C1CCC(N)C(C)C1. The van der Waals surface area contributed by atoms with Gasteiger partial charge in [-0.15, -0.1) is 0 Å². The van der Waals surface area contributed by atoms with Crippen molar-refractivity contribution in [3.8, 4) is 0 Å². The van der Waals surface area contributed by atoms with E-state index in [1.807, 2.05) is 0 Å². The van der Waals surface area contributed by atoms with Crippen LogP contribution in [0.2, 0.25) is 0 Å². The minimum absolute atomic E-state index is 0.177. The van der Waals surface area contributed by atoms with E-state index in [4.69, 9.17) is 5.73 Å². The molecule has 1 fully saturated rings. The van der Waals surface area contributed by atoms with E-state index >= 15 is 0 Å². The van der Waals surface area contributed by atoms with E-state index in [1.165, 1.54) is 0 Å². The van der Waals surface area contributed by atoms with Crippen molar-refractivity contribution < 1.29 is 4.79 Å². The first-order valence-electron chi connectivity index (χ1n) is 6.47. The number of nitrogens with two attached hydrogens (primary N) is 1. The minimum Gasteiger partial charge on any atom is -0.353 e. The molecule has 1 saturated carbocycles. The molecule has 0 aliphatic heterocycles. The molecule has 4 atom stereocenters. The van der Waals surface area contributed by atoms with Crippen LogP contribution in [0.5, 0.6) is 0 Å². The van der Waals surface area contributed by atoms with Crippen LogP contribution in [0.15, 0.2) is 0 Å². The monoisotopic (exact) mass is 226 g/mol. The summed E-state index contributed by atoms with van der Waals surface area (Å²) in [6, 6.07) is 0.546. The Balaban J connectivity index is 2.43. The van der Waals surface area contributed by atoms with Crippen molar-refractivity contribution in [1.82, 2.24) is 5.32 Å². The molecule has 16 heavy (non-hydrogen) atoms. The summed E-state index contributed by atoms with van der Waals surface area (Å²) in [7, 11) is 0. The van der Waals surface area contributed by atoms with Crippen LogP contribution < -0.4 is 11.1 Å². The molecule has 1 aliphatic rings. The summed E-state index contributed by atoms with van der Waals surface area (Å²) in [6.45, 7) is 8.48. The maximum Gasteiger partial charge on any atom is 0.223 e. The lowest BCUT2D eigenvalue weighted by Gasteiger charge is -2.32. The largest absolute Gasteiger partial charge is 0.353 e. The summed E-state index contributed by atoms with van der Waals surface area (Å²) in [5.41, 5.74) is 5.96. The fourth-order valence-corrected chi connectivity index (χ4v) is 2.17. The van der Waals surface area contributed by atoms with Crippen molar-refractivity contribution in [2.45, 2.75) is 59.0 Å². The number of hydrogen-bond donors (Lipinski definition) is 2. The average molecular weight is 226 g/mol. The molecule has 0 aromatic rings. The predicted octanol–water partition coefficient (Wildman–Crippen LogP) is 1.91. The summed E-state index contributed by atoms with van der Waals surface area (Å²) in [5, 5.41) is 3.10. The van der Waals surface area contributed by atoms with Crippen LogP contribution in [0.4, 0.5) is 0 Å². The first-order chi connectivity index (χ1) is 7.41. The molecule has 3 nitrogen and oxygen atoms in total. The number of carbonyl (C=O) groups is 1. The molecule has 1 aliphatic carbocycles. The zero-order valence-corrected chi connectivity index (χ0v) is 11.0. The summed E-state index contributed by atoms with van der Waals surface area (Å²) < 4.78 is 0. The van der Waals surface area contributed by atoms with E-state index in [-0.39, 0.29) is 23.9 Å². The Kier molecular flexibility index (Phi) is 4.78. The fraction of sp³-hybridized carbons (Fsp3) is 0.923. The van der Waals surface area contributed by atoms with Crippen molar-refractivity contribution >= 4 is 5.91 Å². The van der Waals surface area contributed by atoms with E-state index in [0.29, 0.717) is 11.8 Å². The molecule has 0 bridgehead atoms. The lowest BCUT2D eigenvalue weighted by Crippen LogP contribution is -2.44. The maximum absolute atomic E-state index is 12.0. The van der Waals surface area contributed by atoms with Gasteiger partial charge in [-0.2, -0.15) is 0 Å². The highest BCUT2D eigenvalue weighted by molar-refractivity contribution is 5.79. The molecule has 0 saturated heterocycles. The van der Waals surface area contributed by atoms with Crippen LogP contribution in [0, 0.1) is 17.8 Å². The third-order valence-electron chi connectivity index (χ3n) is 3.98. The van der Waals surface area contributed by atoms with Crippen molar-refractivity contribution in [3.05, 3.63) is 0 Å². The zero-order chi connectivity index (χ0) is 12.3. The molecule has 3 N–H and O–H groups in total. The molecular weight excluding hydrogens is 200 g/mol. The second-order valence-electron chi connectivity index (χ2n) is 5.69. The van der Waals surface area contributed by atoms with Gasteiger partial charge in [-0.05, 0) is 38.0 Å². The molecule has 0 spiro atoms. The van der Waals surface area contributed by atoms with E-state index < -0.39 is 0 Å². The minimum atomic E-state index is 0.177. The Labute approximate surface area is 99.2 Å². The molecular formula is C13H26N2O. The first-order valence-corrected chi connectivity index (χ1v) is 6.47. The smallest absolute Gasteiger partial charge is 0.223 e. The summed E-state index contributed by atoms with van der Waals surface area (Å²) in [4.78, 5) is 12.0. The van der Waals surface area contributed by atoms with Gasteiger partial charge in [0.05, 0.1) is 0 Å². The van der Waals surface area contributed by atoms with Crippen molar-refractivity contribution in [2.24, 2.45) is 23.5 Å². The van der Waals surface area contributed by atoms with E-state index in [1.54, 1.807) is 0 Å². The van der Waals surface area contributed by atoms with Crippen LogP contribution in [0.1, 0.15) is 47.0 Å². The average Bonchev–Trinajstić information content (AvgIpc) is 2.21. The molecule has 0 heterocycles. The van der Waals surface area contributed by atoms with Gasteiger partial charge in [0, 0.05) is 18.0 Å². The molecule has 0 aromatic heterocycles. The molecule has 1 rings (SSSR count). The Morgan fingerprint density at radius 1 is 1.31 bits per heavy atom. The Hall–Kier alpha value is -0.570. The van der Waals surface area contributed by atoms with Gasteiger partial charge in [-0.25, -0.2) is 0 Å². The number of amides is 1. The van der Waals surface area contributed by atoms with Gasteiger partial charge in [0.1, 0.15) is 0 Å². The van der Waals surface area contributed by atoms with Gasteiger partial charge in [-0.3, -0.25) is 4.79 Å². The molecule has 1 amide bonds.